The number of nitrogens with zero attached hydrogens (tertiary/aromatic N) is 3. The summed E-state index contributed by atoms with van der Waals surface area (Å²) in [6.07, 6.45) is 0. The van der Waals surface area contributed by atoms with Crippen LogP contribution in [0.3, 0.4) is 0 Å². The summed E-state index contributed by atoms with van der Waals surface area (Å²) < 4.78 is 4.66. The van der Waals surface area contributed by atoms with Crippen molar-refractivity contribution in [1.29, 1.82) is 5.26 Å². The van der Waals surface area contributed by atoms with Crippen LogP contribution < -0.4 is 5.32 Å². The van der Waals surface area contributed by atoms with Gasteiger partial charge in [0, 0.05) is 6.07 Å². The van der Waals surface area contributed by atoms with Crippen molar-refractivity contribution in [2.24, 2.45) is 5.92 Å². The molecule has 1 atom stereocenters. The lowest BCUT2D eigenvalue weighted by Gasteiger charge is -2.20. The first kappa shape index (κ1) is 15.4. The van der Waals surface area contributed by atoms with Crippen LogP contribution in [0.4, 0.5) is 11.5 Å². The highest BCUT2D eigenvalue weighted by atomic mass is 16.6. The predicted molar refractivity (Wildman–Crippen MR) is 69.9 cm³/mol. The molecule has 0 saturated heterocycles. The summed E-state index contributed by atoms with van der Waals surface area (Å²) in [7, 11) is 1.27. The second kappa shape index (κ2) is 6.47. The number of rotatable bonds is 5. The number of anilines is 1. The van der Waals surface area contributed by atoms with E-state index in [2.05, 4.69) is 15.0 Å². The number of esters is 1. The Morgan fingerprint density at radius 2 is 2.20 bits per heavy atom. The molecule has 106 valence electrons. The van der Waals surface area contributed by atoms with Gasteiger partial charge in [0.15, 0.2) is 0 Å². The molecule has 1 N–H and O–H groups in total. The van der Waals surface area contributed by atoms with Gasteiger partial charge in [0.25, 0.3) is 0 Å². The number of pyridine rings is 1. The molecule has 0 aliphatic carbocycles. The highest BCUT2D eigenvalue weighted by Crippen LogP contribution is 2.19. The zero-order valence-corrected chi connectivity index (χ0v) is 11.3. The minimum Gasteiger partial charge on any atom is -0.467 e. The van der Waals surface area contributed by atoms with Crippen LogP contribution in [0.2, 0.25) is 0 Å². The number of methoxy groups -OCH3 is 1. The lowest BCUT2D eigenvalue weighted by Crippen LogP contribution is -2.35. The van der Waals surface area contributed by atoms with Gasteiger partial charge >= 0.3 is 11.7 Å². The van der Waals surface area contributed by atoms with Crippen molar-refractivity contribution in [3.8, 4) is 6.07 Å². The third-order valence-electron chi connectivity index (χ3n) is 2.60. The largest absolute Gasteiger partial charge is 0.467 e. The Balaban J connectivity index is 3.06. The van der Waals surface area contributed by atoms with Crippen LogP contribution >= 0.6 is 0 Å². The van der Waals surface area contributed by atoms with E-state index in [1.165, 1.54) is 19.2 Å². The molecular weight excluding hydrogens is 264 g/mol. The fourth-order valence-electron chi connectivity index (χ4n) is 1.55. The molecule has 1 heterocycles. The summed E-state index contributed by atoms with van der Waals surface area (Å²) in [5.74, 6) is -0.347. The summed E-state index contributed by atoms with van der Waals surface area (Å²) in [5.41, 5.74) is -0.690. The van der Waals surface area contributed by atoms with Crippen LogP contribution in [0.5, 0.6) is 0 Å². The SMILES string of the molecule is COC(=O)C(Nc1ccc([N+](=O)[O-])c(C#N)n1)C(C)C. The van der Waals surface area contributed by atoms with Crippen molar-refractivity contribution in [1.82, 2.24) is 4.98 Å². The number of hydrogen-bond acceptors (Lipinski definition) is 7. The minimum absolute atomic E-state index is 0.0787. The van der Waals surface area contributed by atoms with E-state index in [-0.39, 0.29) is 23.1 Å². The van der Waals surface area contributed by atoms with Gasteiger partial charge in [0.1, 0.15) is 17.9 Å². The number of hydrogen-bond donors (Lipinski definition) is 1. The molecule has 1 rings (SSSR count). The van der Waals surface area contributed by atoms with Gasteiger partial charge in [-0.25, -0.2) is 9.78 Å². The zero-order valence-electron chi connectivity index (χ0n) is 11.3. The normalized spacial score (nSPS) is 11.6. The van der Waals surface area contributed by atoms with Gasteiger partial charge in [-0.1, -0.05) is 13.8 Å². The Labute approximate surface area is 115 Å². The van der Waals surface area contributed by atoms with Crippen molar-refractivity contribution >= 4 is 17.5 Å². The van der Waals surface area contributed by atoms with Gasteiger partial charge in [-0.3, -0.25) is 10.1 Å². The first-order chi connectivity index (χ1) is 9.40. The van der Waals surface area contributed by atoms with Crippen molar-refractivity contribution in [3.05, 3.63) is 27.9 Å². The standard InChI is InChI=1S/C12H14N4O4/c1-7(2)11(12(17)20-3)15-10-5-4-9(16(18)19)8(6-13)14-10/h4-5,7,11H,1-3H3,(H,14,15). The molecule has 0 bridgehead atoms. The molecule has 0 aliphatic heterocycles. The minimum atomic E-state index is -0.685. The molecule has 0 fully saturated rings. The molecule has 0 spiro atoms. The summed E-state index contributed by atoms with van der Waals surface area (Å²) in [6, 6.07) is 3.52. The topological polar surface area (TPSA) is 118 Å². The smallest absolute Gasteiger partial charge is 0.328 e. The van der Waals surface area contributed by atoms with Gasteiger partial charge < -0.3 is 10.1 Å². The molecule has 8 nitrogen and oxygen atoms in total. The number of nitro groups is 1. The van der Waals surface area contributed by atoms with Gasteiger partial charge in [-0.15, -0.1) is 0 Å². The predicted octanol–water partition coefficient (Wildman–Crippen LogP) is 1.47. The second-order valence-electron chi connectivity index (χ2n) is 4.32. The van der Waals surface area contributed by atoms with Gasteiger partial charge in [0.05, 0.1) is 12.0 Å². The molecule has 1 aromatic heterocycles. The Kier molecular flexibility index (Phi) is 4.97. The molecule has 0 aromatic carbocycles. The Hall–Kier alpha value is -2.69. The summed E-state index contributed by atoms with van der Waals surface area (Å²) >= 11 is 0. The number of nitrogens with one attached hydrogen (secondary N) is 1. The van der Waals surface area contributed by atoms with E-state index in [1.54, 1.807) is 6.07 Å². The fraction of sp³-hybridized carbons (Fsp3) is 0.417. The van der Waals surface area contributed by atoms with Gasteiger partial charge in [-0.2, -0.15) is 5.26 Å². The van der Waals surface area contributed by atoms with Crippen molar-refractivity contribution in [2.75, 3.05) is 12.4 Å². The average molecular weight is 278 g/mol. The van der Waals surface area contributed by atoms with Gasteiger partial charge in [-0.05, 0) is 12.0 Å². The second-order valence-corrected chi connectivity index (χ2v) is 4.32. The number of ether oxygens (including phenoxy) is 1. The molecule has 8 heteroatoms. The van der Waals surface area contributed by atoms with E-state index in [0.717, 1.165) is 0 Å². The summed E-state index contributed by atoms with van der Waals surface area (Å²) in [6.45, 7) is 3.62. The first-order valence-corrected chi connectivity index (χ1v) is 5.80. The van der Waals surface area contributed by atoms with E-state index in [4.69, 9.17) is 5.26 Å². The van der Waals surface area contributed by atoms with Crippen LogP contribution in [0, 0.1) is 27.4 Å². The number of carbonyl (C=O) groups is 1. The molecule has 0 saturated carbocycles. The highest BCUT2D eigenvalue weighted by Gasteiger charge is 2.24. The monoisotopic (exact) mass is 278 g/mol. The van der Waals surface area contributed by atoms with Crippen LogP contribution in [-0.4, -0.2) is 29.0 Å². The van der Waals surface area contributed by atoms with E-state index in [9.17, 15) is 14.9 Å². The summed E-state index contributed by atoms with van der Waals surface area (Å²) in [4.78, 5) is 25.4. The molecule has 0 amide bonds. The maximum absolute atomic E-state index is 11.6. The van der Waals surface area contributed by atoms with Crippen LogP contribution in [-0.2, 0) is 9.53 Å². The molecule has 20 heavy (non-hydrogen) atoms. The lowest BCUT2D eigenvalue weighted by atomic mass is 10.0. The zero-order chi connectivity index (χ0) is 15.3. The van der Waals surface area contributed by atoms with Crippen molar-refractivity contribution in [2.45, 2.75) is 19.9 Å². The van der Waals surface area contributed by atoms with E-state index < -0.39 is 16.9 Å². The average Bonchev–Trinajstić information content (AvgIpc) is 2.42. The Bertz CT molecular complexity index is 565. The van der Waals surface area contributed by atoms with Crippen LogP contribution in [0.1, 0.15) is 19.5 Å². The quantitative estimate of drug-likeness (QED) is 0.492. The summed E-state index contributed by atoms with van der Waals surface area (Å²) in [5, 5.41) is 22.4. The molecule has 1 unspecified atom stereocenters. The van der Waals surface area contributed by atoms with E-state index in [1.807, 2.05) is 13.8 Å². The number of carbonyl (C=O) groups excluding carboxylic acids is 1. The third-order valence-corrected chi connectivity index (χ3v) is 2.60. The lowest BCUT2D eigenvalue weighted by molar-refractivity contribution is -0.385. The third kappa shape index (κ3) is 3.41. The van der Waals surface area contributed by atoms with E-state index in [0.29, 0.717) is 0 Å². The Morgan fingerprint density at radius 3 is 2.65 bits per heavy atom. The number of nitriles is 1. The molecule has 0 radical (unpaired) electrons. The first-order valence-electron chi connectivity index (χ1n) is 5.80. The van der Waals surface area contributed by atoms with Gasteiger partial charge in [0.2, 0.25) is 5.69 Å². The maximum Gasteiger partial charge on any atom is 0.328 e. The van der Waals surface area contributed by atoms with E-state index >= 15 is 0 Å². The fourth-order valence-corrected chi connectivity index (χ4v) is 1.55. The van der Waals surface area contributed by atoms with Crippen molar-refractivity contribution in [3.63, 3.8) is 0 Å². The number of aromatic nitrogens is 1. The van der Waals surface area contributed by atoms with Crippen LogP contribution in [0.15, 0.2) is 12.1 Å². The Morgan fingerprint density at radius 1 is 1.55 bits per heavy atom. The molecular formula is C12H14N4O4. The molecule has 0 aliphatic rings. The highest BCUT2D eigenvalue weighted by molar-refractivity contribution is 5.79. The van der Waals surface area contributed by atoms with Crippen molar-refractivity contribution < 1.29 is 14.5 Å². The maximum atomic E-state index is 11.6. The molecule has 1 aromatic rings. The van der Waals surface area contributed by atoms with Crippen LogP contribution in [0.25, 0.3) is 0 Å².